The Balaban J connectivity index is 1.85. The highest BCUT2D eigenvalue weighted by atomic mass is 16.2. The summed E-state index contributed by atoms with van der Waals surface area (Å²) in [4.78, 5) is 12.1. The number of hydrogen-bond acceptors (Lipinski definition) is 4. The average Bonchev–Trinajstić information content (AvgIpc) is 2.96. The van der Waals surface area contributed by atoms with E-state index in [9.17, 15) is 4.79 Å². The number of carbonyl (C=O) groups is 1. The van der Waals surface area contributed by atoms with E-state index in [-0.39, 0.29) is 11.9 Å². The molecule has 112 valence electrons. The van der Waals surface area contributed by atoms with Crippen LogP contribution in [0.1, 0.15) is 23.7 Å². The molecule has 21 heavy (non-hydrogen) atoms. The van der Waals surface area contributed by atoms with Crippen LogP contribution in [0.15, 0.2) is 24.4 Å². The molecule has 0 spiro atoms. The zero-order valence-electron chi connectivity index (χ0n) is 12.6. The Morgan fingerprint density at radius 2 is 2.05 bits per heavy atom. The second kappa shape index (κ2) is 6.88. The van der Waals surface area contributed by atoms with Gasteiger partial charge in [0.15, 0.2) is 0 Å². The summed E-state index contributed by atoms with van der Waals surface area (Å²) >= 11 is 0. The van der Waals surface area contributed by atoms with Gasteiger partial charge in [0.2, 0.25) is 5.91 Å². The lowest BCUT2D eigenvalue weighted by atomic mass is 10.1. The zero-order chi connectivity index (χ0) is 15.2. The number of nitrogens with zero attached hydrogens (tertiary/aromatic N) is 2. The van der Waals surface area contributed by atoms with Crippen molar-refractivity contribution in [2.24, 2.45) is 0 Å². The van der Waals surface area contributed by atoms with Gasteiger partial charge in [-0.15, -0.1) is 0 Å². The number of H-pyrrole nitrogens is 1. The van der Waals surface area contributed by atoms with Gasteiger partial charge in [0.25, 0.3) is 0 Å². The molecule has 6 nitrogen and oxygen atoms in total. The molecule has 1 aromatic carbocycles. The molecule has 1 aromatic heterocycles. The van der Waals surface area contributed by atoms with Crippen LogP contribution in [0, 0.1) is 13.8 Å². The standard InChI is InChI=1S/C15H21N5O/c1-10-5-4-6-11(2)14(10)18-12(3)15(21)16-8-7-13-9-17-20-19-13/h4-6,9,12,18H,7-8H2,1-3H3,(H,16,21)(H,17,19,20)/t12-/m0/s1. The van der Waals surface area contributed by atoms with Crippen LogP contribution in [0.4, 0.5) is 5.69 Å². The average molecular weight is 287 g/mol. The van der Waals surface area contributed by atoms with Gasteiger partial charge in [-0.25, -0.2) is 0 Å². The minimum atomic E-state index is -0.290. The Kier molecular flexibility index (Phi) is 4.92. The maximum Gasteiger partial charge on any atom is 0.242 e. The summed E-state index contributed by atoms with van der Waals surface area (Å²) in [5.74, 6) is -0.0267. The number of carbonyl (C=O) groups excluding carboxylic acids is 1. The SMILES string of the molecule is Cc1cccc(C)c1N[C@@H](C)C(=O)NCCc1cn[nH]n1. The van der Waals surface area contributed by atoms with E-state index in [4.69, 9.17) is 0 Å². The van der Waals surface area contributed by atoms with E-state index < -0.39 is 0 Å². The first-order chi connectivity index (χ1) is 10.1. The van der Waals surface area contributed by atoms with Gasteiger partial charge in [-0.2, -0.15) is 15.4 Å². The predicted molar refractivity (Wildman–Crippen MR) is 82.1 cm³/mol. The Hall–Kier alpha value is -2.37. The van der Waals surface area contributed by atoms with E-state index in [0.29, 0.717) is 13.0 Å². The minimum absolute atomic E-state index is 0.0267. The van der Waals surface area contributed by atoms with E-state index in [1.165, 1.54) is 0 Å². The third kappa shape index (κ3) is 4.05. The van der Waals surface area contributed by atoms with Gasteiger partial charge in [0.05, 0.1) is 11.9 Å². The van der Waals surface area contributed by atoms with Crippen LogP contribution in [-0.4, -0.2) is 33.9 Å². The topological polar surface area (TPSA) is 82.7 Å². The summed E-state index contributed by atoms with van der Waals surface area (Å²) in [6.07, 6.45) is 2.32. The number of nitrogens with one attached hydrogen (secondary N) is 3. The van der Waals surface area contributed by atoms with E-state index in [0.717, 1.165) is 22.5 Å². The first-order valence-corrected chi connectivity index (χ1v) is 7.03. The fraction of sp³-hybridized carbons (Fsp3) is 0.400. The monoisotopic (exact) mass is 287 g/mol. The van der Waals surface area contributed by atoms with Crippen LogP contribution in [0.5, 0.6) is 0 Å². The quantitative estimate of drug-likeness (QED) is 0.753. The summed E-state index contributed by atoms with van der Waals surface area (Å²) in [6, 6.07) is 5.79. The van der Waals surface area contributed by atoms with Crippen molar-refractivity contribution in [1.29, 1.82) is 0 Å². The van der Waals surface area contributed by atoms with Gasteiger partial charge in [-0.05, 0) is 31.9 Å². The second-order valence-corrected chi connectivity index (χ2v) is 5.14. The number of anilines is 1. The van der Waals surface area contributed by atoms with Crippen molar-refractivity contribution in [2.75, 3.05) is 11.9 Å². The first-order valence-electron chi connectivity index (χ1n) is 7.03. The lowest BCUT2D eigenvalue weighted by Crippen LogP contribution is -2.38. The van der Waals surface area contributed by atoms with Crippen LogP contribution < -0.4 is 10.6 Å². The van der Waals surface area contributed by atoms with Gasteiger partial charge < -0.3 is 10.6 Å². The molecule has 0 aliphatic rings. The lowest BCUT2D eigenvalue weighted by molar-refractivity contribution is -0.121. The van der Waals surface area contributed by atoms with Crippen molar-refractivity contribution >= 4 is 11.6 Å². The molecule has 0 aliphatic heterocycles. The van der Waals surface area contributed by atoms with Crippen molar-refractivity contribution in [3.8, 4) is 0 Å². The highest BCUT2D eigenvalue weighted by Gasteiger charge is 2.14. The molecule has 0 bridgehead atoms. The number of para-hydroxylation sites is 1. The summed E-state index contributed by atoms with van der Waals surface area (Å²) in [6.45, 7) is 6.47. The van der Waals surface area contributed by atoms with Crippen molar-refractivity contribution < 1.29 is 4.79 Å². The van der Waals surface area contributed by atoms with Crippen LogP contribution >= 0.6 is 0 Å². The van der Waals surface area contributed by atoms with E-state index in [1.54, 1.807) is 6.20 Å². The smallest absolute Gasteiger partial charge is 0.242 e. The zero-order valence-corrected chi connectivity index (χ0v) is 12.6. The highest BCUT2D eigenvalue weighted by Crippen LogP contribution is 2.20. The molecule has 0 saturated carbocycles. The van der Waals surface area contributed by atoms with Gasteiger partial charge in [-0.1, -0.05) is 18.2 Å². The molecule has 2 rings (SSSR count). The van der Waals surface area contributed by atoms with Crippen LogP contribution in [0.3, 0.4) is 0 Å². The molecule has 0 radical (unpaired) electrons. The molecule has 0 aliphatic carbocycles. The highest BCUT2D eigenvalue weighted by molar-refractivity contribution is 5.84. The third-order valence-electron chi connectivity index (χ3n) is 3.38. The molecule has 1 atom stereocenters. The molecule has 1 amide bonds. The molecule has 3 N–H and O–H groups in total. The number of aromatic nitrogens is 3. The molecule has 0 unspecified atom stereocenters. The van der Waals surface area contributed by atoms with Gasteiger partial charge >= 0.3 is 0 Å². The van der Waals surface area contributed by atoms with Crippen LogP contribution in [-0.2, 0) is 11.2 Å². The molecule has 6 heteroatoms. The molecule has 0 saturated heterocycles. The first kappa shape index (κ1) is 15.0. The summed E-state index contributed by atoms with van der Waals surface area (Å²) in [5, 5.41) is 16.4. The Morgan fingerprint density at radius 3 is 2.67 bits per heavy atom. The second-order valence-electron chi connectivity index (χ2n) is 5.14. The largest absolute Gasteiger partial charge is 0.373 e. The number of hydrogen-bond donors (Lipinski definition) is 3. The maximum absolute atomic E-state index is 12.1. The summed E-state index contributed by atoms with van der Waals surface area (Å²) < 4.78 is 0. The molecule has 1 heterocycles. The molecular formula is C15H21N5O. The minimum Gasteiger partial charge on any atom is -0.373 e. The molecule has 2 aromatic rings. The van der Waals surface area contributed by atoms with E-state index in [1.807, 2.05) is 39.0 Å². The Morgan fingerprint density at radius 1 is 1.33 bits per heavy atom. The van der Waals surface area contributed by atoms with Crippen LogP contribution in [0.2, 0.25) is 0 Å². The van der Waals surface area contributed by atoms with Crippen molar-refractivity contribution in [2.45, 2.75) is 33.2 Å². The maximum atomic E-state index is 12.1. The lowest BCUT2D eigenvalue weighted by Gasteiger charge is -2.18. The summed E-state index contributed by atoms with van der Waals surface area (Å²) in [5.41, 5.74) is 4.14. The number of aromatic amines is 1. The summed E-state index contributed by atoms with van der Waals surface area (Å²) in [7, 11) is 0. The van der Waals surface area contributed by atoms with Crippen molar-refractivity contribution in [1.82, 2.24) is 20.7 Å². The number of benzene rings is 1. The molecular weight excluding hydrogens is 266 g/mol. The van der Waals surface area contributed by atoms with E-state index >= 15 is 0 Å². The van der Waals surface area contributed by atoms with Gasteiger partial charge in [-0.3, -0.25) is 4.79 Å². The fourth-order valence-corrected chi connectivity index (χ4v) is 2.14. The predicted octanol–water partition coefficient (Wildman–Crippen LogP) is 1.58. The normalized spacial score (nSPS) is 12.0. The van der Waals surface area contributed by atoms with Crippen molar-refractivity contribution in [3.63, 3.8) is 0 Å². The number of amides is 1. The van der Waals surface area contributed by atoms with Crippen molar-refractivity contribution in [3.05, 3.63) is 41.2 Å². The molecule has 0 fully saturated rings. The third-order valence-corrected chi connectivity index (χ3v) is 3.38. The Bertz CT molecular complexity index is 574. The van der Waals surface area contributed by atoms with Gasteiger partial charge in [0.1, 0.15) is 6.04 Å². The Labute approximate surface area is 124 Å². The number of rotatable bonds is 6. The number of aryl methyl sites for hydroxylation is 2. The van der Waals surface area contributed by atoms with E-state index in [2.05, 4.69) is 26.0 Å². The van der Waals surface area contributed by atoms with Gasteiger partial charge in [0, 0.05) is 18.7 Å². The van der Waals surface area contributed by atoms with Crippen LogP contribution in [0.25, 0.3) is 0 Å². The fourth-order valence-electron chi connectivity index (χ4n) is 2.14.